The Labute approximate surface area is 444 Å². The normalized spacial score (nSPS) is 15.9. The predicted molar refractivity (Wildman–Crippen MR) is 284 cm³/mol. The summed E-state index contributed by atoms with van der Waals surface area (Å²) in [5, 5.41) is 21.6. The number of benzene rings is 2. The topological polar surface area (TPSA) is 363 Å². The van der Waals surface area contributed by atoms with Gasteiger partial charge in [0, 0.05) is 66.5 Å². The van der Waals surface area contributed by atoms with Crippen molar-refractivity contribution in [2.24, 2.45) is 17.4 Å². The van der Waals surface area contributed by atoms with Crippen molar-refractivity contribution < 1.29 is 47.9 Å². The summed E-state index contributed by atoms with van der Waals surface area (Å²) in [6, 6.07) is 9.08. The minimum Gasteiger partial charge on any atom is -0.370 e. The molecule has 1 aliphatic rings. The molecule has 2 aromatic heterocycles. The number of amides is 10. The first-order chi connectivity index (χ1) is 36.3. The van der Waals surface area contributed by atoms with Crippen molar-refractivity contribution in [3.8, 4) is 0 Å². The molecule has 0 unspecified atom stereocenters. The molecule has 24 heteroatoms. The van der Waals surface area contributed by atoms with Crippen LogP contribution in [0.1, 0.15) is 89.5 Å². The van der Waals surface area contributed by atoms with Crippen LogP contribution < -0.4 is 54.0 Å². The predicted octanol–water partition coefficient (Wildman–Crippen LogP) is -0.0588. The minimum absolute atomic E-state index is 0.0193. The lowest BCUT2D eigenvalue weighted by atomic mass is 10.0. The molecule has 2 aromatic carbocycles. The van der Waals surface area contributed by atoms with Gasteiger partial charge in [-0.15, -0.1) is 11.8 Å². The van der Waals surface area contributed by atoms with E-state index in [9.17, 15) is 47.9 Å². The maximum Gasteiger partial charge on any atom is 0.243 e. The Morgan fingerprint density at radius 3 is 2.11 bits per heavy atom. The van der Waals surface area contributed by atoms with Crippen LogP contribution in [0.15, 0.2) is 73.3 Å². The van der Waals surface area contributed by atoms with Gasteiger partial charge in [-0.05, 0) is 55.7 Å². The lowest BCUT2D eigenvalue weighted by Gasteiger charge is -2.26. The Bertz CT molecular complexity index is 2650. The number of para-hydroxylation sites is 1. The number of aromatic amines is 2. The summed E-state index contributed by atoms with van der Waals surface area (Å²) in [7, 11) is 0. The van der Waals surface area contributed by atoms with Gasteiger partial charge in [-0.25, -0.2) is 4.98 Å². The van der Waals surface area contributed by atoms with Crippen molar-refractivity contribution in [3.05, 3.63) is 90.1 Å². The SMILES string of the molecule is CCCC[C@H](SC[C@H](Cc1ccccc1)NC(=O)[C@H](Cc1cnc[nH]1)NC(=O)CNC(=O)[C@@H](NC(=O)[C@H](C)NC(=O)[C@H](Cc1c[nH]c2ccccc12)NC(=O)[C@H](CCC(N)=O)NC(=O)[C@@H]1CCC(=O)N1)C(C)C)C(N)=O. The molecule has 4 aromatic rings. The average molecular weight is 1070 g/mol. The van der Waals surface area contributed by atoms with Crippen LogP contribution in [0.25, 0.3) is 10.9 Å². The minimum atomic E-state index is -1.35. The van der Waals surface area contributed by atoms with E-state index in [1.165, 1.54) is 31.2 Å². The van der Waals surface area contributed by atoms with Crippen LogP contribution in [0, 0.1) is 5.92 Å². The highest BCUT2D eigenvalue weighted by Crippen LogP contribution is 2.22. The molecule has 10 amide bonds. The number of thioether (sulfide) groups is 1. The molecule has 0 saturated carbocycles. The Morgan fingerprint density at radius 1 is 0.750 bits per heavy atom. The third-order valence-corrected chi connectivity index (χ3v) is 14.2. The molecule has 0 bridgehead atoms. The largest absolute Gasteiger partial charge is 0.370 e. The molecule has 1 saturated heterocycles. The Hall–Kier alpha value is -7.76. The van der Waals surface area contributed by atoms with Crippen molar-refractivity contribution in [3.63, 3.8) is 0 Å². The van der Waals surface area contributed by atoms with E-state index in [0.717, 1.165) is 29.3 Å². The van der Waals surface area contributed by atoms with Crippen molar-refractivity contribution in [2.45, 2.75) is 139 Å². The van der Waals surface area contributed by atoms with E-state index >= 15 is 0 Å². The zero-order chi connectivity index (χ0) is 55.3. The van der Waals surface area contributed by atoms with Crippen molar-refractivity contribution in [1.82, 2.24) is 57.5 Å². The number of primary amides is 2. The highest BCUT2D eigenvalue weighted by Gasteiger charge is 2.35. The number of fused-ring (bicyclic) bond motifs is 1. The molecule has 0 radical (unpaired) electrons. The second kappa shape index (κ2) is 29.4. The fraction of sp³-hybridized carbons (Fsp3) is 0.481. The van der Waals surface area contributed by atoms with Gasteiger partial charge in [0.1, 0.15) is 36.3 Å². The van der Waals surface area contributed by atoms with Gasteiger partial charge in [0.2, 0.25) is 59.1 Å². The fourth-order valence-corrected chi connectivity index (χ4v) is 9.63. The van der Waals surface area contributed by atoms with Gasteiger partial charge in [-0.2, -0.15) is 0 Å². The number of H-pyrrole nitrogens is 2. The first-order valence-electron chi connectivity index (χ1n) is 25.4. The van der Waals surface area contributed by atoms with Crippen LogP contribution in [0.5, 0.6) is 0 Å². The molecule has 76 heavy (non-hydrogen) atoms. The summed E-state index contributed by atoms with van der Waals surface area (Å²) in [5.74, 6) is -6.70. The number of imidazole rings is 1. The van der Waals surface area contributed by atoms with Crippen LogP contribution >= 0.6 is 11.8 Å². The number of nitrogens with zero attached hydrogens (tertiary/aromatic N) is 1. The number of hydrogen-bond acceptors (Lipinski definition) is 12. The number of unbranched alkanes of at least 4 members (excludes halogenated alkanes) is 1. The third kappa shape index (κ3) is 18.6. The quantitative estimate of drug-likeness (QED) is 0.0316. The second-order valence-electron chi connectivity index (χ2n) is 19.2. The standard InChI is InChI=1S/C52H71N13O10S/c1-5-6-16-41(46(54)69)76-27-34(21-31-12-8-7-9-13-31)60-51(74)40(23-33-25-55-28-58-33)62-44(68)26-57-52(75)45(29(2)3)65-47(70)30(4)59-50(73)39(22-32-24-56-36-15-11-10-14-35(32)36)64-49(72)38(17-19-42(53)66)63-48(71)37-18-20-43(67)61-37/h7-15,24-25,28-30,34,37-41,45,56H,5-6,16-23,26-27H2,1-4H3,(H2,53,66)(H2,54,69)(H,55,58)(H,57,75)(H,59,73)(H,60,74)(H,61,67)(H,62,68)(H,63,71)(H,64,72)(H,65,70)/t30-,34-,37-,38-,39-,40-,41-,45-/m0/s1. The van der Waals surface area contributed by atoms with Crippen molar-refractivity contribution in [1.29, 1.82) is 0 Å². The number of rotatable bonds is 31. The van der Waals surface area contributed by atoms with Crippen molar-refractivity contribution >= 4 is 81.7 Å². The fourth-order valence-electron chi connectivity index (χ4n) is 8.46. The maximum absolute atomic E-state index is 14.1. The third-order valence-electron chi connectivity index (χ3n) is 12.7. The van der Waals surface area contributed by atoms with Gasteiger partial charge in [0.25, 0.3) is 0 Å². The van der Waals surface area contributed by atoms with Gasteiger partial charge < -0.3 is 64.0 Å². The molecule has 1 fully saturated rings. The molecule has 5 rings (SSSR count). The van der Waals surface area contributed by atoms with Crippen molar-refractivity contribution in [2.75, 3.05) is 12.3 Å². The first kappa shape index (κ1) is 59.1. The highest BCUT2D eigenvalue weighted by molar-refractivity contribution is 8.00. The smallest absolute Gasteiger partial charge is 0.243 e. The molecule has 410 valence electrons. The number of carbonyl (C=O) groups excluding carboxylic acids is 10. The monoisotopic (exact) mass is 1070 g/mol. The van der Waals surface area contributed by atoms with Crippen LogP contribution in [-0.2, 0) is 67.2 Å². The number of nitrogens with two attached hydrogens (primary N) is 2. The molecule has 0 spiro atoms. The van der Waals surface area contributed by atoms with Crippen LogP contribution in [0.2, 0.25) is 0 Å². The van der Waals surface area contributed by atoms with E-state index in [4.69, 9.17) is 11.5 Å². The van der Waals surface area contributed by atoms with Crippen LogP contribution in [0.3, 0.4) is 0 Å². The first-order valence-corrected chi connectivity index (χ1v) is 26.5. The van der Waals surface area contributed by atoms with E-state index in [2.05, 4.69) is 57.5 Å². The summed E-state index contributed by atoms with van der Waals surface area (Å²) in [5.41, 5.74) is 14.0. The molecule has 8 atom stereocenters. The lowest BCUT2D eigenvalue weighted by Crippen LogP contribution is -2.59. The second-order valence-corrected chi connectivity index (χ2v) is 20.4. The molecule has 0 aliphatic carbocycles. The van der Waals surface area contributed by atoms with E-state index in [1.807, 2.05) is 55.5 Å². The molecule has 1 aliphatic heterocycles. The average Bonchev–Trinajstić information content (AvgIpc) is 4.17. The van der Waals surface area contributed by atoms with Crippen LogP contribution in [-0.4, -0.2) is 134 Å². The molecular formula is C52H71N13O10S. The molecule has 3 heterocycles. The van der Waals surface area contributed by atoms with E-state index in [-0.39, 0.29) is 44.4 Å². The molecular weight excluding hydrogens is 999 g/mol. The summed E-state index contributed by atoms with van der Waals surface area (Å²) >= 11 is 1.37. The summed E-state index contributed by atoms with van der Waals surface area (Å²) in [6.07, 6.45) is 7.08. The zero-order valence-electron chi connectivity index (χ0n) is 43.2. The zero-order valence-corrected chi connectivity index (χ0v) is 44.0. The Balaban J connectivity index is 1.23. The molecule has 14 N–H and O–H groups in total. The van der Waals surface area contributed by atoms with E-state index in [1.54, 1.807) is 26.1 Å². The van der Waals surface area contributed by atoms with Gasteiger partial charge in [0.05, 0.1) is 18.1 Å². The van der Waals surface area contributed by atoms with Gasteiger partial charge in [-0.3, -0.25) is 47.9 Å². The summed E-state index contributed by atoms with van der Waals surface area (Å²) < 4.78 is 0. The van der Waals surface area contributed by atoms with Gasteiger partial charge in [-0.1, -0.05) is 82.1 Å². The number of nitrogens with one attached hydrogen (secondary N) is 10. The maximum atomic E-state index is 14.1. The number of aromatic nitrogens is 3. The summed E-state index contributed by atoms with van der Waals surface area (Å²) in [4.78, 5) is 142. The van der Waals surface area contributed by atoms with Gasteiger partial charge in [0.15, 0.2) is 0 Å². The van der Waals surface area contributed by atoms with Crippen LogP contribution in [0.4, 0.5) is 0 Å². The summed E-state index contributed by atoms with van der Waals surface area (Å²) in [6.45, 7) is 6.15. The highest BCUT2D eigenvalue weighted by atomic mass is 32.2. The number of carbonyl (C=O) groups is 10. The Morgan fingerprint density at radius 2 is 1.45 bits per heavy atom. The lowest BCUT2D eigenvalue weighted by molar-refractivity contribution is -0.135. The Kier molecular flexibility index (Phi) is 22.8. The molecule has 23 nitrogen and oxygen atoms in total. The van der Waals surface area contributed by atoms with E-state index < -0.39 is 113 Å². The number of hydrogen-bond donors (Lipinski definition) is 12. The van der Waals surface area contributed by atoms with E-state index in [0.29, 0.717) is 29.9 Å². The van der Waals surface area contributed by atoms with Gasteiger partial charge >= 0.3 is 0 Å².